The molecule has 0 radical (unpaired) electrons. The molecule has 1 aromatic heterocycles. The first kappa shape index (κ1) is 9.45. The quantitative estimate of drug-likeness (QED) is 0.460. The van der Waals surface area contributed by atoms with Gasteiger partial charge >= 0.3 is 0 Å². The van der Waals surface area contributed by atoms with Gasteiger partial charge in [0.1, 0.15) is 0 Å². The van der Waals surface area contributed by atoms with Crippen LogP contribution in [0.1, 0.15) is 11.1 Å². The van der Waals surface area contributed by atoms with Gasteiger partial charge in [-0.1, -0.05) is 30.3 Å². The van der Waals surface area contributed by atoms with Gasteiger partial charge in [0.2, 0.25) is 0 Å². The minimum absolute atomic E-state index is 0.763. The van der Waals surface area contributed by atoms with Crippen molar-refractivity contribution in [3.05, 3.63) is 53.9 Å². The number of rotatable bonds is 3. The fourth-order valence-electron chi connectivity index (χ4n) is 1.39. The molecule has 0 atom stereocenters. The first-order valence-electron chi connectivity index (χ1n) is 4.68. The molecule has 2 aromatic rings. The van der Waals surface area contributed by atoms with Crippen LogP contribution in [-0.4, -0.2) is 16.0 Å². The van der Waals surface area contributed by atoms with Gasteiger partial charge in [0.05, 0.1) is 19.0 Å². The number of nitrogens with zero attached hydrogens (tertiary/aromatic N) is 3. The molecule has 1 heterocycles. The highest BCUT2D eigenvalue weighted by atomic mass is 15.3. The Morgan fingerprint density at radius 3 is 2.87 bits per heavy atom. The van der Waals surface area contributed by atoms with Crippen LogP contribution in [0.4, 0.5) is 0 Å². The van der Waals surface area contributed by atoms with Crippen LogP contribution in [0.3, 0.4) is 0 Å². The van der Waals surface area contributed by atoms with Gasteiger partial charge < -0.3 is 5.84 Å². The second-order valence-electron chi connectivity index (χ2n) is 3.24. The molecule has 0 fully saturated rings. The van der Waals surface area contributed by atoms with Crippen LogP contribution in [0.25, 0.3) is 0 Å². The molecule has 4 heteroatoms. The average molecular weight is 200 g/mol. The maximum absolute atomic E-state index is 5.05. The molecular weight excluding hydrogens is 188 g/mol. The topological polar surface area (TPSA) is 56.2 Å². The molecule has 0 saturated carbocycles. The van der Waals surface area contributed by atoms with E-state index in [1.54, 1.807) is 12.4 Å². The summed E-state index contributed by atoms with van der Waals surface area (Å²) in [6.45, 7) is 0.763. The summed E-state index contributed by atoms with van der Waals surface area (Å²) in [7, 11) is 0. The van der Waals surface area contributed by atoms with E-state index >= 15 is 0 Å². The third-order valence-corrected chi connectivity index (χ3v) is 2.06. The molecule has 0 saturated heterocycles. The molecule has 4 nitrogen and oxygen atoms in total. The van der Waals surface area contributed by atoms with Crippen LogP contribution in [0, 0.1) is 0 Å². The lowest BCUT2D eigenvalue weighted by atomic mass is 10.2. The third-order valence-electron chi connectivity index (χ3n) is 2.06. The minimum atomic E-state index is 0.763. The van der Waals surface area contributed by atoms with Gasteiger partial charge in [-0.2, -0.15) is 10.2 Å². The lowest BCUT2D eigenvalue weighted by molar-refractivity contribution is 0.687. The zero-order chi connectivity index (χ0) is 10.5. The molecule has 0 aliphatic heterocycles. The highest BCUT2D eigenvalue weighted by Crippen LogP contribution is 2.02. The molecule has 15 heavy (non-hydrogen) atoms. The smallest absolute Gasteiger partial charge is 0.0659 e. The molecule has 1 aromatic carbocycles. The minimum Gasteiger partial charge on any atom is -0.323 e. The molecule has 2 rings (SSSR count). The van der Waals surface area contributed by atoms with Crippen LogP contribution in [0.5, 0.6) is 0 Å². The van der Waals surface area contributed by atoms with Crippen LogP contribution >= 0.6 is 0 Å². The standard InChI is InChI=1S/C11H12N4/c12-13-6-11-7-14-15(9-11)8-10-4-2-1-3-5-10/h1-7,9H,8,12H2/b13-6+. The zero-order valence-corrected chi connectivity index (χ0v) is 8.24. The van der Waals surface area contributed by atoms with Gasteiger partial charge in [-0.25, -0.2) is 0 Å². The number of hydrazone groups is 1. The number of hydrogen-bond donors (Lipinski definition) is 1. The number of nitrogens with two attached hydrogens (primary N) is 1. The molecule has 0 spiro atoms. The zero-order valence-electron chi connectivity index (χ0n) is 8.24. The molecule has 0 amide bonds. The van der Waals surface area contributed by atoms with Crippen LogP contribution in [0.15, 0.2) is 47.8 Å². The maximum Gasteiger partial charge on any atom is 0.0659 e. The Bertz CT molecular complexity index is 445. The van der Waals surface area contributed by atoms with E-state index in [1.807, 2.05) is 29.1 Å². The van der Waals surface area contributed by atoms with Gasteiger partial charge in [-0.05, 0) is 5.56 Å². The SMILES string of the molecule is N/N=C/c1cnn(Cc2ccccc2)c1. The van der Waals surface area contributed by atoms with Crippen molar-refractivity contribution in [2.75, 3.05) is 0 Å². The number of hydrogen-bond acceptors (Lipinski definition) is 3. The highest BCUT2D eigenvalue weighted by Gasteiger charge is 1.96. The molecule has 0 aliphatic carbocycles. The van der Waals surface area contributed by atoms with E-state index in [4.69, 9.17) is 5.84 Å². The summed E-state index contributed by atoms with van der Waals surface area (Å²) >= 11 is 0. The lowest BCUT2D eigenvalue weighted by Crippen LogP contribution is -1.99. The Kier molecular flexibility index (Phi) is 2.78. The van der Waals surface area contributed by atoms with E-state index < -0.39 is 0 Å². The predicted molar refractivity (Wildman–Crippen MR) is 59.6 cm³/mol. The van der Waals surface area contributed by atoms with Crippen LogP contribution in [0.2, 0.25) is 0 Å². The lowest BCUT2D eigenvalue weighted by Gasteiger charge is -2.00. The summed E-state index contributed by atoms with van der Waals surface area (Å²) in [4.78, 5) is 0. The Morgan fingerprint density at radius 2 is 2.13 bits per heavy atom. The molecule has 0 unspecified atom stereocenters. The van der Waals surface area contributed by atoms with Gasteiger partial charge in [-0.3, -0.25) is 4.68 Å². The molecular formula is C11H12N4. The second kappa shape index (κ2) is 4.41. The first-order chi connectivity index (χ1) is 7.38. The molecule has 2 N–H and O–H groups in total. The Labute approximate surface area is 88.0 Å². The van der Waals surface area contributed by atoms with Crippen molar-refractivity contribution < 1.29 is 0 Å². The maximum atomic E-state index is 5.05. The monoisotopic (exact) mass is 200 g/mol. The normalized spacial score (nSPS) is 10.9. The van der Waals surface area contributed by atoms with Crippen LogP contribution < -0.4 is 5.84 Å². The summed E-state index contributed by atoms with van der Waals surface area (Å²) in [5.41, 5.74) is 2.13. The van der Waals surface area contributed by atoms with Crippen molar-refractivity contribution in [1.82, 2.24) is 9.78 Å². The van der Waals surface area contributed by atoms with Crippen LogP contribution in [-0.2, 0) is 6.54 Å². The van der Waals surface area contributed by atoms with Crippen molar-refractivity contribution in [2.45, 2.75) is 6.54 Å². The number of aromatic nitrogens is 2. The van der Waals surface area contributed by atoms with Gasteiger partial charge in [-0.15, -0.1) is 0 Å². The molecule has 0 aliphatic rings. The summed E-state index contributed by atoms with van der Waals surface area (Å²) in [6, 6.07) is 10.2. The summed E-state index contributed by atoms with van der Waals surface area (Å²) in [6.07, 6.45) is 5.22. The highest BCUT2D eigenvalue weighted by molar-refractivity contribution is 5.78. The van der Waals surface area contributed by atoms with Crippen molar-refractivity contribution in [3.8, 4) is 0 Å². The van der Waals surface area contributed by atoms with E-state index in [1.165, 1.54) is 5.56 Å². The van der Waals surface area contributed by atoms with E-state index in [-0.39, 0.29) is 0 Å². The van der Waals surface area contributed by atoms with Gasteiger partial charge in [0, 0.05) is 11.8 Å². The fourth-order valence-corrected chi connectivity index (χ4v) is 1.39. The van der Waals surface area contributed by atoms with E-state index in [0.29, 0.717) is 0 Å². The predicted octanol–water partition coefficient (Wildman–Crippen LogP) is 1.22. The summed E-state index contributed by atoms with van der Waals surface area (Å²) < 4.78 is 1.85. The van der Waals surface area contributed by atoms with Gasteiger partial charge in [0.15, 0.2) is 0 Å². The van der Waals surface area contributed by atoms with Gasteiger partial charge in [0.25, 0.3) is 0 Å². The van der Waals surface area contributed by atoms with Crippen molar-refractivity contribution in [3.63, 3.8) is 0 Å². The molecule has 76 valence electrons. The summed E-state index contributed by atoms with van der Waals surface area (Å²) in [5.74, 6) is 5.05. The average Bonchev–Trinajstić information content (AvgIpc) is 2.68. The molecule has 0 bridgehead atoms. The summed E-state index contributed by atoms with van der Waals surface area (Å²) in [5, 5.41) is 7.65. The first-order valence-corrected chi connectivity index (χ1v) is 4.68. The van der Waals surface area contributed by atoms with E-state index in [0.717, 1.165) is 12.1 Å². The fraction of sp³-hybridized carbons (Fsp3) is 0.0909. The largest absolute Gasteiger partial charge is 0.323 e. The van der Waals surface area contributed by atoms with Crippen molar-refractivity contribution in [2.24, 2.45) is 10.9 Å². The third kappa shape index (κ3) is 2.43. The Morgan fingerprint density at radius 1 is 1.33 bits per heavy atom. The van der Waals surface area contributed by atoms with Crippen molar-refractivity contribution >= 4 is 6.21 Å². The van der Waals surface area contributed by atoms with E-state index in [2.05, 4.69) is 22.3 Å². The number of benzene rings is 1. The Hall–Kier alpha value is -2.10. The van der Waals surface area contributed by atoms with Crippen molar-refractivity contribution in [1.29, 1.82) is 0 Å². The Balaban J connectivity index is 2.11. The van der Waals surface area contributed by atoms with E-state index in [9.17, 15) is 0 Å². The second-order valence-corrected chi connectivity index (χ2v) is 3.24.